The molecule has 0 spiro atoms. The Morgan fingerprint density at radius 1 is 1.10 bits per heavy atom. The van der Waals surface area contributed by atoms with Crippen LogP contribution in [0.2, 0.25) is 0 Å². The maximum Gasteiger partial charge on any atom is 0.0196 e. The first-order valence-electron chi connectivity index (χ1n) is 7.31. The molecule has 1 unspecified atom stereocenters. The first kappa shape index (κ1) is 15.3. The lowest BCUT2D eigenvalue weighted by Gasteiger charge is -2.21. The van der Waals surface area contributed by atoms with Gasteiger partial charge < -0.3 is 5.32 Å². The van der Waals surface area contributed by atoms with Gasteiger partial charge in [-0.2, -0.15) is 0 Å². The van der Waals surface area contributed by atoms with E-state index in [1.165, 1.54) is 16.0 Å². The van der Waals surface area contributed by atoms with Crippen LogP contribution in [0.15, 0.2) is 41.8 Å². The molecular formula is C18H25NS. The molecule has 0 aliphatic heterocycles. The Balaban J connectivity index is 2.25. The lowest BCUT2D eigenvalue weighted by atomic mass is 9.85. The number of thiophene rings is 1. The van der Waals surface area contributed by atoms with Crippen LogP contribution in [0, 0.1) is 0 Å². The molecule has 1 aromatic carbocycles. The number of rotatable bonds is 5. The van der Waals surface area contributed by atoms with E-state index < -0.39 is 0 Å². The Bertz CT molecular complexity index is 505. The fourth-order valence-corrected chi connectivity index (χ4v) is 3.36. The summed E-state index contributed by atoms with van der Waals surface area (Å²) in [4.78, 5) is 1.46. The van der Waals surface area contributed by atoms with Crippen LogP contribution in [0.3, 0.4) is 0 Å². The largest absolute Gasteiger partial charge is 0.320 e. The number of hydrogen-bond donors (Lipinski definition) is 1. The zero-order valence-electron chi connectivity index (χ0n) is 12.9. The minimum Gasteiger partial charge on any atom is -0.320 e. The molecule has 1 aromatic heterocycles. The maximum absolute atomic E-state index is 3.27. The third-order valence-corrected chi connectivity index (χ3v) is 4.73. The van der Waals surface area contributed by atoms with Crippen LogP contribution in [0.4, 0.5) is 0 Å². The molecule has 108 valence electrons. The smallest absolute Gasteiger partial charge is 0.0196 e. The average Bonchev–Trinajstić information content (AvgIpc) is 2.93. The van der Waals surface area contributed by atoms with E-state index in [0.29, 0.717) is 5.92 Å². The molecule has 0 amide bonds. The first-order chi connectivity index (χ1) is 9.52. The molecule has 0 saturated carbocycles. The number of nitrogens with one attached hydrogen (secondary N) is 1. The van der Waals surface area contributed by atoms with Crippen LogP contribution in [-0.4, -0.2) is 13.6 Å². The van der Waals surface area contributed by atoms with E-state index >= 15 is 0 Å². The van der Waals surface area contributed by atoms with Crippen LogP contribution in [0.25, 0.3) is 0 Å². The summed E-state index contributed by atoms with van der Waals surface area (Å²) in [6.07, 6.45) is 1.14. The molecule has 1 N–H and O–H groups in total. The molecule has 0 radical (unpaired) electrons. The third-order valence-electron chi connectivity index (χ3n) is 3.75. The van der Waals surface area contributed by atoms with Crippen LogP contribution >= 0.6 is 11.3 Å². The van der Waals surface area contributed by atoms with Gasteiger partial charge in [-0.3, -0.25) is 0 Å². The van der Waals surface area contributed by atoms with Crippen molar-refractivity contribution in [2.45, 2.75) is 38.5 Å². The van der Waals surface area contributed by atoms with E-state index in [1.54, 1.807) is 0 Å². The molecule has 2 aromatic rings. The van der Waals surface area contributed by atoms with Crippen molar-refractivity contribution < 1.29 is 0 Å². The zero-order valence-corrected chi connectivity index (χ0v) is 13.8. The first-order valence-corrected chi connectivity index (χ1v) is 8.19. The van der Waals surface area contributed by atoms with E-state index in [2.05, 4.69) is 67.9 Å². The average molecular weight is 287 g/mol. The molecule has 2 rings (SSSR count). The van der Waals surface area contributed by atoms with Gasteiger partial charge in [-0.15, -0.1) is 11.3 Å². The van der Waals surface area contributed by atoms with Crippen molar-refractivity contribution >= 4 is 11.3 Å². The van der Waals surface area contributed by atoms with E-state index in [-0.39, 0.29) is 5.41 Å². The zero-order chi connectivity index (χ0) is 14.6. The fraction of sp³-hybridized carbons (Fsp3) is 0.444. The number of hydrogen-bond acceptors (Lipinski definition) is 2. The molecule has 0 fully saturated rings. The van der Waals surface area contributed by atoms with Crippen molar-refractivity contribution in [2.24, 2.45) is 0 Å². The van der Waals surface area contributed by atoms with Gasteiger partial charge in [-0.1, -0.05) is 51.1 Å². The van der Waals surface area contributed by atoms with Gasteiger partial charge in [0, 0.05) is 10.8 Å². The highest BCUT2D eigenvalue weighted by Crippen LogP contribution is 2.32. The molecular weight excluding hydrogens is 262 g/mol. The van der Waals surface area contributed by atoms with E-state index in [9.17, 15) is 0 Å². The number of benzene rings is 1. The topological polar surface area (TPSA) is 12.0 Å². The molecule has 0 aliphatic carbocycles. The molecule has 0 saturated heterocycles. The van der Waals surface area contributed by atoms with Crippen LogP contribution in [0.5, 0.6) is 0 Å². The van der Waals surface area contributed by atoms with E-state index in [4.69, 9.17) is 0 Å². The van der Waals surface area contributed by atoms with Crippen LogP contribution in [0.1, 0.15) is 49.1 Å². The standard InChI is InChI=1S/C18H25NS/c1-18(2,3)15-9-7-14(8-10-15)16(11-12-19-4)17-6-5-13-20-17/h5-10,13,16,19H,11-12H2,1-4H3. The monoisotopic (exact) mass is 287 g/mol. The Labute approximate surface area is 127 Å². The highest BCUT2D eigenvalue weighted by atomic mass is 32.1. The minimum absolute atomic E-state index is 0.224. The maximum atomic E-state index is 3.27. The van der Waals surface area contributed by atoms with Crippen molar-refractivity contribution in [1.29, 1.82) is 0 Å². The third kappa shape index (κ3) is 3.71. The van der Waals surface area contributed by atoms with Crippen molar-refractivity contribution in [3.63, 3.8) is 0 Å². The second-order valence-electron chi connectivity index (χ2n) is 6.33. The molecule has 1 nitrogen and oxygen atoms in total. The van der Waals surface area contributed by atoms with Crippen molar-refractivity contribution in [3.05, 3.63) is 57.8 Å². The molecule has 1 atom stereocenters. The van der Waals surface area contributed by atoms with E-state index in [1.807, 2.05) is 18.4 Å². The van der Waals surface area contributed by atoms with Gasteiger partial charge >= 0.3 is 0 Å². The summed E-state index contributed by atoms with van der Waals surface area (Å²) in [5, 5.41) is 5.44. The van der Waals surface area contributed by atoms with Crippen molar-refractivity contribution in [1.82, 2.24) is 5.32 Å². The summed E-state index contributed by atoms with van der Waals surface area (Å²) in [6, 6.07) is 13.6. The van der Waals surface area contributed by atoms with Gasteiger partial charge in [0.1, 0.15) is 0 Å². The normalized spacial score (nSPS) is 13.4. The molecule has 1 heterocycles. The summed E-state index contributed by atoms with van der Waals surface area (Å²) in [5.74, 6) is 0.511. The van der Waals surface area contributed by atoms with Crippen molar-refractivity contribution in [3.8, 4) is 0 Å². The second kappa shape index (κ2) is 6.55. The minimum atomic E-state index is 0.224. The van der Waals surface area contributed by atoms with Gasteiger partial charge in [0.15, 0.2) is 0 Å². The predicted molar refractivity (Wildman–Crippen MR) is 89.8 cm³/mol. The predicted octanol–water partition coefficient (Wildman–Crippen LogP) is 4.79. The lowest BCUT2D eigenvalue weighted by molar-refractivity contribution is 0.589. The molecule has 0 bridgehead atoms. The summed E-state index contributed by atoms with van der Waals surface area (Å²) in [6.45, 7) is 7.84. The Morgan fingerprint density at radius 3 is 2.30 bits per heavy atom. The Kier molecular flexibility index (Phi) is 5.00. The van der Waals surface area contributed by atoms with E-state index in [0.717, 1.165) is 13.0 Å². The molecule has 0 aliphatic rings. The van der Waals surface area contributed by atoms with Gasteiger partial charge in [0.25, 0.3) is 0 Å². The van der Waals surface area contributed by atoms with Gasteiger partial charge in [-0.25, -0.2) is 0 Å². The highest BCUT2D eigenvalue weighted by molar-refractivity contribution is 7.10. The molecule has 20 heavy (non-hydrogen) atoms. The Morgan fingerprint density at radius 2 is 1.80 bits per heavy atom. The van der Waals surface area contributed by atoms with Crippen molar-refractivity contribution in [2.75, 3.05) is 13.6 Å². The summed E-state index contributed by atoms with van der Waals surface area (Å²) in [7, 11) is 2.02. The van der Waals surface area contributed by atoms with Crippen LogP contribution in [-0.2, 0) is 5.41 Å². The lowest BCUT2D eigenvalue weighted by Crippen LogP contribution is -2.13. The fourth-order valence-electron chi connectivity index (χ4n) is 2.47. The van der Waals surface area contributed by atoms with Gasteiger partial charge in [0.05, 0.1) is 0 Å². The highest BCUT2D eigenvalue weighted by Gasteiger charge is 2.17. The van der Waals surface area contributed by atoms with Crippen LogP contribution < -0.4 is 5.32 Å². The van der Waals surface area contributed by atoms with Gasteiger partial charge in [0.2, 0.25) is 0 Å². The molecule has 2 heteroatoms. The Hall–Kier alpha value is -1.12. The SMILES string of the molecule is CNCCC(c1ccc(C(C)(C)C)cc1)c1cccs1. The quantitative estimate of drug-likeness (QED) is 0.834. The second-order valence-corrected chi connectivity index (χ2v) is 7.31. The summed E-state index contributed by atoms with van der Waals surface area (Å²) < 4.78 is 0. The van der Waals surface area contributed by atoms with Gasteiger partial charge in [-0.05, 0) is 48.0 Å². The summed E-state index contributed by atoms with van der Waals surface area (Å²) in [5.41, 5.74) is 3.05. The summed E-state index contributed by atoms with van der Waals surface area (Å²) >= 11 is 1.86.